The van der Waals surface area contributed by atoms with Crippen LogP contribution in [0, 0.1) is 5.92 Å². The van der Waals surface area contributed by atoms with Gasteiger partial charge in [0.05, 0.1) is 0 Å². The van der Waals surface area contributed by atoms with E-state index in [-0.39, 0.29) is 6.61 Å². The third kappa shape index (κ3) is 3.43. The van der Waals surface area contributed by atoms with Gasteiger partial charge in [0.2, 0.25) is 0 Å². The van der Waals surface area contributed by atoms with Crippen molar-refractivity contribution in [2.75, 3.05) is 0 Å². The van der Waals surface area contributed by atoms with Crippen LogP contribution in [0.3, 0.4) is 0 Å². The predicted molar refractivity (Wildman–Crippen MR) is 67.4 cm³/mol. The van der Waals surface area contributed by atoms with Crippen LogP contribution in [0.15, 0.2) is 22.9 Å². The molecular formula is C13H17N3O3. The molecule has 6 nitrogen and oxygen atoms in total. The normalized spacial score (nSPS) is 10.9. The van der Waals surface area contributed by atoms with Crippen molar-refractivity contribution >= 4 is 5.97 Å². The number of ether oxygens (including phenoxy) is 1. The molecule has 2 rings (SSSR count). The fourth-order valence-corrected chi connectivity index (χ4v) is 1.67. The number of aryl methyl sites for hydroxylation is 1. The maximum absolute atomic E-state index is 11.8. The number of rotatable bonds is 5. The van der Waals surface area contributed by atoms with Gasteiger partial charge >= 0.3 is 5.97 Å². The van der Waals surface area contributed by atoms with E-state index in [2.05, 4.69) is 24.0 Å². The predicted octanol–water partition coefficient (Wildman–Crippen LogP) is 1.96. The van der Waals surface area contributed by atoms with E-state index in [9.17, 15) is 4.79 Å². The molecule has 0 saturated carbocycles. The van der Waals surface area contributed by atoms with Gasteiger partial charge in [0, 0.05) is 19.7 Å². The zero-order valence-corrected chi connectivity index (χ0v) is 11.3. The summed E-state index contributed by atoms with van der Waals surface area (Å²) in [7, 11) is 1.78. The molecule has 2 heterocycles. The van der Waals surface area contributed by atoms with Crippen molar-refractivity contribution in [2.24, 2.45) is 13.0 Å². The van der Waals surface area contributed by atoms with Crippen molar-refractivity contribution in [3.8, 4) is 0 Å². The van der Waals surface area contributed by atoms with Gasteiger partial charge in [0.25, 0.3) is 5.89 Å². The Hall–Kier alpha value is -2.11. The van der Waals surface area contributed by atoms with E-state index in [0.717, 1.165) is 6.42 Å². The minimum atomic E-state index is -0.406. The lowest BCUT2D eigenvalue weighted by atomic mass is 10.1. The van der Waals surface area contributed by atoms with Crippen molar-refractivity contribution < 1.29 is 14.1 Å². The first-order valence-electron chi connectivity index (χ1n) is 6.16. The van der Waals surface area contributed by atoms with Gasteiger partial charge in [0.15, 0.2) is 12.4 Å². The summed E-state index contributed by atoms with van der Waals surface area (Å²) >= 11 is 0. The molecule has 2 aromatic heterocycles. The second kappa shape index (κ2) is 5.69. The topological polar surface area (TPSA) is 70.2 Å². The Kier molecular flexibility index (Phi) is 3.99. The average Bonchev–Trinajstić information content (AvgIpc) is 2.94. The Bertz CT molecular complexity index is 557. The lowest BCUT2D eigenvalue weighted by Crippen LogP contribution is -2.09. The molecule has 0 fully saturated rings. The molecule has 0 bridgehead atoms. The Morgan fingerprint density at radius 2 is 2.32 bits per heavy atom. The van der Waals surface area contributed by atoms with Crippen LogP contribution in [0.25, 0.3) is 0 Å². The Balaban J connectivity index is 1.90. The fourth-order valence-electron chi connectivity index (χ4n) is 1.67. The van der Waals surface area contributed by atoms with E-state index in [0.29, 0.717) is 23.3 Å². The molecule has 2 aromatic rings. The number of aromatic nitrogens is 3. The fraction of sp³-hybridized carbons (Fsp3) is 0.462. The number of carbonyl (C=O) groups is 1. The highest BCUT2D eigenvalue weighted by molar-refractivity contribution is 5.87. The molecule has 19 heavy (non-hydrogen) atoms. The Labute approximate surface area is 111 Å². The van der Waals surface area contributed by atoms with Crippen molar-refractivity contribution in [1.29, 1.82) is 0 Å². The summed E-state index contributed by atoms with van der Waals surface area (Å²) in [6.07, 6.45) is 2.53. The maximum Gasteiger partial charge on any atom is 0.355 e. The zero-order chi connectivity index (χ0) is 13.8. The summed E-state index contributed by atoms with van der Waals surface area (Å²) in [5.41, 5.74) is 0.488. The summed E-state index contributed by atoms with van der Waals surface area (Å²) in [4.78, 5) is 15.9. The molecule has 102 valence electrons. The maximum atomic E-state index is 11.8. The van der Waals surface area contributed by atoms with E-state index in [4.69, 9.17) is 9.26 Å². The van der Waals surface area contributed by atoms with E-state index >= 15 is 0 Å². The molecule has 6 heteroatoms. The lowest BCUT2D eigenvalue weighted by Gasteiger charge is -2.02. The van der Waals surface area contributed by atoms with Gasteiger partial charge in [0.1, 0.15) is 5.69 Å². The van der Waals surface area contributed by atoms with Gasteiger partial charge in [-0.15, -0.1) is 0 Å². The largest absolute Gasteiger partial charge is 0.451 e. The SMILES string of the molecule is CC(C)Cc1noc(COC(=O)c2cccn2C)n1. The van der Waals surface area contributed by atoms with Crippen LogP contribution in [-0.2, 0) is 24.8 Å². The standard InChI is InChI=1S/C13H17N3O3/c1-9(2)7-11-14-12(19-15-11)8-18-13(17)10-5-4-6-16(10)3/h4-6,9H,7-8H2,1-3H3. The van der Waals surface area contributed by atoms with Crippen LogP contribution < -0.4 is 0 Å². The minimum absolute atomic E-state index is 0.00485. The summed E-state index contributed by atoms with van der Waals surface area (Å²) in [6, 6.07) is 3.48. The molecule has 0 aliphatic heterocycles. The molecule has 0 radical (unpaired) electrons. The van der Waals surface area contributed by atoms with E-state index in [1.54, 1.807) is 29.9 Å². The molecule has 0 atom stereocenters. The highest BCUT2D eigenvalue weighted by Gasteiger charge is 2.13. The van der Waals surface area contributed by atoms with Gasteiger partial charge in [-0.1, -0.05) is 19.0 Å². The van der Waals surface area contributed by atoms with Gasteiger partial charge in [-0.05, 0) is 18.1 Å². The van der Waals surface area contributed by atoms with Crippen molar-refractivity contribution in [3.05, 3.63) is 35.7 Å². The van der Waals surface area contributed by atoms with Crippen LogP contribution in [0.1, 0.15) is 36.1 Å². The highest BCUT2D eigenvalue weighted by Crippen LogP contribution is 2.07. The van der Waals surface area contributed by atoms with Gasteiger partial charge in [-0.25, -0.2) is 4.79 Å². The van der Waals surface area contributed by atoms with E-state index in [1.807, 2.05) is 0 Å². The summed E-state index contributed by atoms with van der Waals surface area (Å²) in [5.74, 6) is 1.01. The van der Waals surface area contributed by atoms with Crippen LogP contribution in [0.2, 0.25) is 0 Å². The van der Waals surface area contributed by atoms with Gasteiger partial charge < -0.3 is 13.8 Å². The molecule has 0 aliphatic rings. The number of hydrogen-bond donors (Lipinski definition) is 0. The van der Waals surface area contributed by atoms with Crippen molar-refractivity contribution in [2.45, 2.75) is 26.9 Å². The summed E-state index contributed by atoms with van der Waals surface area (Å²) in [5, 5.41) is 3.83. The molecule has 0 saturated heterocycles. The highest BCUT2D eigenvalue weighted by atomic mass is 16.6. The van der Waals surface area contributed by atoms with E-state index < -0.39 is 5.97 Å². The second-order valence-electron chi connectivity index (χ2n) is 4.78. The monoisotopic (exact) mass is 263 g/mol. The summed E-state index contributed by atoms with van der Waals surface area (Å²) < 4.78 is 11.8. The van der Waals surface area contributed by atoms with Crippen molar-refractivity contribution in [3.63, 3.8) is 0 Å². The smallest absolute Gasteiger partial charge is 0.355 e. The van der Waals surface area contributed by atoms with Gasteiger partial charge in [-0.2, -0.15) is 4.98 Å². The summed E-state index contributed by atoms with van der Waals surface area (Å²) in [6.45, 7) is 4.14. The first-order chi connectivity index (χ1) is 9.06. The molecule has 0 amide bonds. The zero-order valence-electron chi connectivity index (χ0n) is 11.3. The average molecular weight is 263 g/mol. The number of carbonyl (C=O) groups excluding carboxylic acids is 1. The van der Waals surface area contributed by atoms with Crippen LogP contribution in [0.4, 0.5) is 0 Å². The Morgan fingerprint density at radius 1 is 1.53 bits per heavy atom. The second-order valence-corrected chi connectivity index (χ2v) is 4.78. The molecule has 0 unspecified atom stereocenters. The lowest BCUT2D eigenvalue weighted by molar-refractivity contribution is 0.0418. The van der Waals surface area contributed by atoms with E-state index in [1.165, 1.54) is 0 Å². The van der Waals surface area contributed by atoms with Gasteiger partial charge in [-0.3, -0.25) is 0 Å². The number of hydrogen-bond acceptors (Lipinski definition) is 5. The first kappa shape index (κ1) is 13.3. The molecular weight excluding hydrogens is 246 g/mol. The third-order valence-corrected chi connectivity index (χ3v) is 2.58. The Morgan fingerprint density at radius 3 is 2.95 bits per heavy atom. The van der Waals surface area contributed by atoms with Crippen LogP contribution in [-0.4, -0.2) is 20.7 Å². The van der Waals surface area contributed by atoms with Crippen LogP contribution >= 0.6 is 0 Å². The first-order valence-corrected chi connectivity index (χ1v) is 6.16. The molecule has 0 spiro atoms. The number of esters is 1. The van der Waals surface area contributed by atoms with Crippen LogP contribution in [0.5, 0.6) is 0 Å². The third-order valence-electron chi connectivity index (χ3n) is 2.58. The quantitative estimate of drug-likeness (QED) is 0.771. The number of nitrogens with zero attached hydrogens (tertiary/aromatic N) is 3. The molecule has 0 N–H and O–H groups in total. The molecule has 0 aliphatic carbocycles. The van der Waals surface area contributed by atoms with Crippen molar-refractivity contribution in [1.82, 2.24) is 14.7 Å². The molecule has 0 aromatic carbocycles. The minimum Gasteiger partial charge on any atom is -0.451 e.